The fourth-order valence-electron chi connectivity index (χ4n) is 3.61. The molecule has 0 fully saturated rings. The van der Waals surface area contributed by atoms with E-state index in [1.165, 1.54) is 11.3 Å². The lowest BCUT2D eigenvalue weighted by molar-refractivity contribution is 0.208. The van der Waals surface area contributed by atoms with Crippen molar-refractivity contribution in [3.8, 4) is 0 Å². The summed E-state index contributed by atoms with van der Waals surface area (Å²) in [7, 11) is 0. The van der Waals surface area contributed by atoms with E-state index in [9.17, 15) is 0 Å². The van der Waals surface area contributed by atoms with Gasteiger partial charge in [-0.15, -0.1) is 0 Å². The first-order chi connectivity index (χ1) is 15.3. The van der Waals surface area contributed by atoms with Gasteiger partial charge in [-0.25, -0.2) is 4.99 Å². The Labute approximate surface area is 181 Å². The minimum atomic E-state index is 0.502. The van der Waals surface area contributed by atoms with Crippen LogP contribution in [0.3, 0.4) is 0 Å². The standard InChI is InChI=1S/C27H23N3O/c1-3-8-20(9-4-1)16-22-13-14-23(29-22)17-26-27(31-19-21-10-5-2-6-11-21)18-25(30-26)24-12-7-15-28-24/h1-15,17-18,28-29H,16,19H2/b26-17-. The molecule has 2 N–H and O–H groups in total. The number of hydrogen-bond acceptors (Lipinski definition) is 2. The molecular formula is C27H23N3O. The maximum absolute atomic E-state index is 6.16. The predicted molar refractivity (Wildman–Crippen MR) is 125 cm³/mol. The van der Waals surface area contributed by atoms with Gasteiger partial charge in [0, 0.05) is 30.1 Å². The van der Waals surface area contributed by atoms with Crippen LogP contribution >= 0.6 is 0 Å². The van der Waals surface area contributed by atoms with Crippen molar-refractivity contribution >= 4 is 11.8 Å². The maximum Gasteiger partial charge on any atom is 0.147 e. The van der Waals surface area contributed by atoms with Crippen LogP contribution in [0.4, 0.5) is 0 Å². The van der Waals surface area contributed by atoms with Crippen molar-refractivity contribution in [1.82, 2.24) is 9.97 Å². The van der Waals surface area contributed by atoms with Crippen LogP contribution in [0.15, 0.2) is 114 Å². The van der Waals surface area contributed by atoms with Crippen molar-refractivity contribution in [2.45, 2.75) is 13.0 Å². The molecule has 152 valence electrons. The minimum absolute atomic E-state index is 0.502. The lowest BCUT2D eigenvalue weighted by Gasteiger charge is -2.08. The van der Waals surface area contributed by atoms with Gasteiger partial charge in [-0.3, -0.25) is 0 Å². The van der Waals surface area contributed by atoms with E-state index in [1.54, 1.807) is 0 Å². The van der Waals surface area contributed by atoms with Gasteiger partial charge in [0.25, 0.3) is 0 Å². The summed E-state index contributed by atoms with van der Waals surface area (Å²) in [4.78, 5) is 11.5. The van der Waals surface area contributed by atoms with Crippen molar-refractivity contribution < 1.29 is 4.74 Å². The summed E-state index contributed by atoms with van der Waals surface area (Å²) in [6.07, 6.45) is 6.81. The Morgan fingerprint density at radius 3 is 2.32 bits per heavy atom. The molecule has 4 nitrogen and oxygen atoms in total. The third-order valence-corrected chi connectivity index (χ3v) is 5.17. The molecular weight excluding hydrogens is 382 g/mol. The minimum Gasteiger partial charge on any atom is -0.487 e. The van der Waals surface area contributed by atoms with Crippen molar-refractivity contribution in [3.63, 3.8) is 0 Å². The molecule has 31 heavy (non-hydrogen) atoms. The van der Waals surface area contributed by atoms with E-state index in [0.717, 1.165) is 40.5 Å². The Morgan fingerprint density at radius 1 is 0.806 bits per heavy atom. The number of aliphatic imine (C=N–C) groups is 1. The fraction of sp³-hybridized carbons (Fsp3) is 0.0741. The van der Waals surface area contributed by atoms with Crippen LogP contribution < -0.4 is 0 Å². The molecule has 0 spiro atoms. The largest absolute Gasteiger partial charge is 0.487 e. The second kappa shape index (κ2) is 8.76. The molecule has 0 aliphatic carbocycles. The molecule has 1 aliphatic rings. The highest BCUT2D eigenvalue weighted by atomic mass is 16.5. The first-order valence-electron chi connectivity index (χ1n) is 10.4. The lowest BCUT2D eigenvalue weighted by atomic mass is 10.1. The van der Waals surface area contributed by atoms with Crippen LogP contribution in [0, 0.1) is 0 Å². The van der Waals surface area contributed by atoms with E-state index in [0.29, 0.717) is 6.61 Å². The topological polar surface area (TPSA) is 53.2 Å². The highest BCUT2D eigenvalue weighted by Crippen LogP contribution is 2.26. The Morgan fingerprint density at radius 2 is 1.58 bits per heavy atom. The van der Waals surface area contributed by atoms with Crippen molar-refractivity contribution in [2.24, 2.45) is 4.99 Å². The Balaban J connectivity index is 1.38. The second-order valence-electron chi connectivity index (χ2n) is 7.49. The monoisotopic (exact) mass is 405 g/mol. The predicted octanol–water partition coefficient (Wildman–Crippen LogP) is 5.88. The summed E-state index contributed by atoms with van der Waals surface area (Å²) in [5, 5.41) is 0. The molecule has 3 heterocycles. The molecule has 4 heteroatoms. The molecule has 0 bridgehead atoms. The molecule has 5 rings (SSSR count). The average molecular weight is 406 g/mol. The zero-order valence-electron chi connectivity index (χ0n) is 17.1. The number of allylic oxidation sites excluding steroid dienone is 1. The van der Waals surface area contributed by atoms with Crippen LogP contribution in [0.2, 0.25) is 0 Å². The SMILES string of the molecule is C1=C(OCc2ccccc2)/C(=C/c2ccc(Cc3ccccc3)[nH]2)N=C1c1ccc[nH]1. The Bertz CT molecular complexity index is 1230. The van der Waals surface area contributed by atoms with Gasteiger partial charge in [0.2, 0.25) is 0 Å². The van der Waals surface area contributed by atoms with E-state index in [-0.39, 0.29) is 0 Å². The summed E-state index contributed by atoms with van der Waals surface area (Å²) >= 11 is 0. The third-order valence-electron chi connectivity index (χ3n) is 5.17. The number of benzene rings is 2. The highest BCUT2D eigenvalue weighted by molar-refractivity contribution is 6.11. The number of ether oxygens (including phenoxy) is 1. The molecule has 1 aliphatic heterocycles. The molecule has 2 aromatic carbocycles. The molecule has 0 atom stereocenters. The molecule has 2 aromatic heterocycles. The number of aromatic nitrogens is 2. The number of rotatable bonds is 7. The first kappa shape index (κ1) is 18.9. The first-order valence-corrected chi connectivity index (χ1v) is 10.4. The average Bonchev–Trinajstić information content (AvgIpc) is 3.56. The van der Waals surface area contributed by atoms with E-state index >= 15 is 0 Å². The van der Waals surface area contributed by atoms with Crippen LogP contribution in [-0.2, 0) is 17.8 Å². The molecule has 4 aromatic rings. The summed E-state index contributed by atoms with van der Waals surface area (Å²) in [5.41, 5.74) is 7.24. The van der Waals surface area contributed by atoms with Crippen molar-refractivity contribution in [2.75, 3.05) is 0 Å². The molecule has 0 saturated carbocycles. The summed E-state index contributed by atoms with van der Waals surface area (Å²) < 4.78 is 6.16. The van der Waals surface area contributed by atoms with Gasteiger partial charge < -0.3 is 14.7 Å². The fourth-order valence-corrected chi connectivity index (χ4v) is 3.61. The van der Waals surface area contributed by atoms with Crippen molar-refractivity contribution in [1.29, 1.82) is 0 Å². The summed E-state index contributed by atoms with van der Waals surface area (Å²) in [5.74, 6) is 0.771. The van der Waals surface area contributed by atoms with Crippen LogP contribution in [0.1, 0.15) is 28.2 Å². The second-order valence-corrected chi connectivity index (χ2v) is 7.49. The lowest BCUT2D eigenvalue weighted by Crippen LogP contribution is -1.95. The number of H-pyrrole nitrogens is 2. The molecule has 0 saturated heterocycles. The molecule has 0 radical (unpaired) electrons. The quantitative estimate of drug-likeness (QED) is 0.396. The van der Waals surface area contributed by atoms with Crippen LogP contribution in [0.25, 0.3) is 6.08 Å². The van der Waals surface area contributed by atoms with E-state index in [4.69, 9.17) is 9.73 Å². The Hall–Kier alpha value is -4.05. The van der Waals surface area contributed by atoms with Gasteiger partial charge in [-0.1, -0.05) is 60.7 Å². The number of hydrogen-bond donors (Lipinski definition) is 2. The van der Waals surface area contributed by atoms with Gasteiger partial charge in [-0.2, -0.15) is 0 Å². The van der Waals surface area contributed by atoms with Gasteiger partial charge >= 0.3 is 0 Å². The van der Waals surface area contributed by atoms with Gasteiger partial charge in [-0.05, 0) is 41.5 Å². The van der Waals surface area contributed by atoms with Gasteiger partial charge in [0.05, 0.1) is 11.4 Å². The summed E-state index contributed by atoms with van der Waals surface area (Å²) in [6.45, 7) is 0.502. The molecule has 0 amide bonds. The smallest absolute Gasteiger partial charge is 0.147 e. The number of aromatic amines is 2. The van der Waals surface area contributed by atoms with Crippen molar-refractivity contribution in [3.05, 3.63) is 137 Å². The van der Waals surface area contributed by atoms with E-state index in [2.05, 4.69) is 58.5 Å². The molecule has 0 unspecified atom stereocenters. The van der Waals surface area contributed by atoms with Crippen LogP contribution in [0.5, 0.6) is 0 Å². The van der Waals surface area contributed by atoms with E-state index in [1.807, 2.05) is 54.7 Å². The normalized spacial score (nSPS) is 14.5. The zero-order valence-corrected chi connectivity index (χ0v) is 17.1. The maximum atomic E-state index is 6.16. The number of nitrogens with zero attached hydrogens (tertiary/aromatic N) is 1. The van der Waals surface area contributed by atoms with E-state index < -0.39 is 0 Å². The van der Waals surface area contributed by atoms with Gasteiger partial charge in [0.15, 0.2) is 0 Å². The zero-order chi connectivity index (χ0) is 20.9. The summed E-state index contributed by atoms with van der Waals surface area (Å²) in [6, 6.07) is 28.8. The highest BCUT2D eigenvalue weighted by Gasteiger charge is 2.18. The Kier molecular flexibility index (Phi) is 5.35. The van der Waals surface area contributed by atoms with Crippen LogP contribution in [-0.4, -0.2) is 15.7 Å². The number of nitrogens with one attached hydrogen (secondary N) is 2. The van der Waals surface area contributed by atoms with Gasteiger partial charge in [0.1, 0.15) is 18.1 Å². The third kappa shape index (κ3) is 4.59.